The van der Waals surface area contributed by atoms with Gasteiger partial charge in [0.1, 0.15) is 0 Å². The minimum atomic E-state index is -2.92. The van der Waals surface area contributed by atoms with E-state index in [9.17, 15) is 13.2 Å². The molecule has 7 nitrogen and oxygen atoms in total. The molecule has 1 N–H and O–H groups in total. The van der Waals surface area contributed by atoms with Gasteiger partial charge >= 0.3 is 5.97 Å². The van der Waals surface area contributed by atoms with Gasteiger partial charge in [-0.2, -0.15) is 0 Å². The summed E-state index contributed by atoms with van der Waals surface area (Å²) in [6.07, 6.45) is 5.41. The van der Waals surface area contributed by atoms with Crippen LogP contribution in [0.3, 0.4) is 0 Å². The van der Waals surface area contributed by atoms with Gasteiger partial charge in [0.15, 0.2) is 9.84 Å². The summed E-state index contributed by atoms with van der Waals surface area (Å²) in [5, 5.41) is 8.49. The summed E-state index contributed by atoms with van der Waals surface area (Å²) in [6, 6.07) is 0. The first-order valence-electron chi connectivity index (χ1n) is 5.65. The van der Waals surface area contributed by atoms with Crippen molar-refractivity contribution in [1.29, 1.82) is 0 Å². The smallest absolute Gasteiger partial charge is 0.328 e. The van der Waals surface area contributed by atoms with Gasteiger partial charge in [0.05, 0.1) is 11.5 Å². The SMILES string of the molecule is O=C(O)/C=C/c1cnc(N2CCS(=O)(=O)CC2)nc1. The highest BCUT2D eigenvalue weighted by molar-refractivity contribution is 7.91. The highest BCUT2D eigenvalue weighted by Crippen LogP contribution is 2.12. The van der Waals surface area contributed by atoms with Gasteiger partial charge in [-0.15, -0.1) is 0 Å². The van der Waals surface area contributed by atoms with E-state index in [1.165, 1.54) is 18.5 Å². The zero-order valence-corrected chi connectivity index (χ0v) is 10.9. The van der Waals surface area contributed by atoms with Gasteiger partial charge in [-0.05, 0) is 6.08 Å². The molecule has 0 atom stereocenters. The van der Waals surface area contributed by atoms with Crippen LogP contribution < -0.4 is 4.90 Å². The first-order valence-corrected chi connectivity index (χ1v) is 7.47. The number of sulfone groups is 1. The Hall–Kier alpha value is -1.96. The summed E-state index contributed by atoms with van der Waals surface area (Å²) < 4.78 is 22.6. The highest BCUT2D eigenvalue weighted by atomic mass is 32.2. The largest absolute Gasteiger partial charge is 0.478 e. The van der Waals surface area contributed by atoms with E-state index in [4.69, 9.17) is 5.11 Å². The fourth-order valence-electron chi connectivity index (χ4n) is 1.66. The lowest BCUT2D eigenvalue weighted by atomic mass is 10.3. The maximum absolute atomic E-state index is 11.3. The predicted octanol–water partition coefficient (Wildman–Crippen LogP) is -0.191. The number of aromatic nitrogens is 2. The average molecular weight is 283 g/mol. The standard InChI is InChI=1S/C11H13N3O4S/c15-10(16)2-1-9-7-12-11(13-8-9)14-3-5-19(17,18)6-4-14/h1-2,7-8H,3-6H2,(H,15,16)/b2-1+. The number of hydrogen-bond donors (Lipinski definition) is 1. The average Bonchev–Trinajstić information content (AvgIpc) is 2.37. The number of aliphatic carboxylic acids is 1. The van der Waals surface area contributed by atoms with Gasteiger partial charge in [0.25, 0.3) is 0 Å². The molecule has 0 bridgehead atoms. The van der Waals surface area contributed by atoms with Crippen molar-refractivity contribution in [2.75, 3.05) is 29.5 Å². The van der Waals surface area contributed by atoms with Gasteiger partial charge in [-0.25, -0.2) is 23.2 Å². The van der Waals surface area contributed by atoms with Crippen molar-refractivity contribution < 1.29 is 18.3 Å². The molecule has 1 fully saturated rings. The lowest BCUT2D eigenvalue weighted by molar-refractivity contribution is -0.131. The van der Waals surface area contributed by atoms with Crippen LogP contribution in [0.25, 0.3) is 6.08 Å². The van der Waals surface area contributed by atoms with Crippen molar-refractivity contribution in [3.8, 4) is 0 Å². The van der Waals surface area contributed by atoms with Crippen molar-refractivity contribution in [3.63, 3.8) is 0 Å². The second-order valence-corrected chi connectivity index (χ2v) is 6.43. The third-order valence-electron chi connectivity index (χ3n) is 2.70. The minimum Gasteiger partial charge on any atom is -0.478 e. The van der Waals surface area contributed by atoms with E-state index in [1.807, 2.05) is 0 Å². The number of rotatable bonds is 3. The van der Waals surface area contributed by atoms with Gasteiger partial charge in [-0.3, -0.25) is 0 Å². The molecule has 1 saturated heterocycles. The van der Waals surface area contributed by atoms with Crippen molar-refractivity contribution in [3.05, 3.63) is 24.0 Å². The second-order valence-electron chi connectivity index (χ2n) is 4.13. The van der Waals surface area contributed by atoms with Crippen molar-refractivity contribution in [2.45, 2.75) is 0 Å². The third-order valence-corrected chi connectivity index (χ3v) is 4.31. The molecule has 1 aromatic rings. The molecule has 0 saturated carbocycles. The van der Waals surface area contributed by atoms with E-state index >= 15 is 0 Å². The van der Waals surface area contributed by atoms with Gasteiger partial charge < -0.3 is 10.0 Å². The summed E-state index contributed by atoms with van der Waals surface area (Å²) in [5.41, 5.74) is 0.579. The molecule has 8 heteroatoms. The van der Waals surface area contributed by atoms with E-state index in [2.05, 4.69) is 9.97 Å². The van der Waals surface area contributed by atoms with Crippen molar-refractivity contribution in [1.82, 2.24) is 9.97 Å². The van der Waals surface area contributed by atoms with Crippen LogP contribution in [0.15, 0.2) is 18.5 Å². The summed E-state index contributed by atoms with van der Waals surface area (Å²) in [5.74, 6) is -0.360. The van der Waals surface area contributed by atoms with Crippen LogP contribution in [0.2, 0.25) is 0 Å². The van der Waals surface area contributed by atoms with Crippen LogP contribution in [0.1, 0.15) is 5.56 Å². The zero-order valence-electron chi connectivity index (χ0n) is 10.1. The second kappa shape index (κ2) is 5.35. The number of carbonyl (C=O) groups is 1. The zero-order chi connectivity index (χ0) is 13.9. The van der Waals surface area contributed by atoms with E-state index in [0.717, 1.165) is 6.08 Å². The molecule has 2 rings (SSSR count). The third kappa shape index (κ3) is 3.75. The fourth-order valence-corrected chi connectivity index (χ4v) is 2.86. The number of nitrogens with zero attached hydrogens (tertiary/aromatic N) is 3. The number of carboxylic acid groups (broad SMARTS) is 1. The lowest BCUT2D eigenvalue weighted by Crippen LogP contribution is -2.41. The number of anilines is 1. The molecular weight excluding hydrogens is 270 g/mol. The Balaban J connectivity index is 2.05. The maximum Gasteiger partial charge on any atom is 0.328 e. The predicted molar refractivity (Wildman–Crippen MR) is 69.6 cm³/mol. The Morgan fingerprint density at radius 3 is 2.37 bits per heavy atom. The van der Waals surface area contributed by atoms with Crippen LogP contribution in [0.5, 0.6) is 0 Å². The Labute approximate surface area is 110 Å². The molecule has 1 aliphatic heterocycles. The Kier molecular flexibility index (Phi) is 3.79. The fraction of sp³-hybridized carbons (Fsp3) is 0.364. The molecule has 19 heavy (non-hydrogen) atoms. The van der Waals surface area contributed by atoms with Gasteiger partial charge in [-0.1, -0.05) is 0 Å². The quantitative estimate of drug-likeness (QED) is 0.767. The van der Waals surface area contributed by atoms with Gasteiger partial charge in [0.2, 0.25) is 5.95 Å². The summed E-state index contributed by atoms with van der Waals surface area (Å²) >= 11 is 0. The molecule has 0 unspecified atom stereocenters. The van der Waals surface area contributed by atoms with Crippen LogP contribution in [-0.2, 0) is 14.6 Å². The van der Waals surface area contributed by atoms with Crippen LogP contribution in [0, 0.1) is 0 Å². The van der Waals surface area contributed by atoms with Crippen LogP contribution >= 0.6 is 0 Å². The van der Waals surface area contributed by atoms with E-state index in [1.54, 1.807) is 4.90 Å². The van der Waals surface area contributed by atoms with E-state index in [-0.39, 0.29) is 11.5 Å². The Morgan fingerprint density at radius 2 is 1.84 bits per heavy atom. The van der Waals surface area contributed by atoms with Crippen molar-refractivity contribution >= 4 is 27.8 Å². The molecule has 102 valence electrons. The Morgan fingerprint density at radius 1 is 1.26 bits per heavy atom. The lowest BCUT2D eigenvalue weighted by Gasteiger charge is -2.26. The minimum absolute atomic E-state index is 0.108. The first-order chi connectivity index (χ1) is 8.96. The topological polar surface area (TPSA) is 100 Å². The molecule has 2 heterocycles. The number of carboxylic acids is 1. The monoisotopic (exact) mass is 283 g/mol. The molecule has 0 amide bonds. The summed E-state index contributed by atoms with van der Waals surface area (Å²) in [7, 11) is -2.92. The molecule has 1 aromatic heterocycles. The molecular formula is C11H13N3O4S. The first kappa shape index (κ1) is 13.5. The van der Waals surface area contributed by atoms with E-state index in [0.29, 0.717) is 24.6 Å². The van der Waals surface area contributed by atoms with E-state index < -0.39 is 15.8 Å². The molecule has 0 radical (unpaired) electrons. The van der Waals surface area contributed by atoms with Crippen LogP contribution in [-0.4, -0.2) is 54.1 Å². The molecule has 0 aliphatic carbocycles. The molecule has 0 spiro atoms. The Bertz CT molecular complexity index is 581. The van der Waals surface area contributed by atoms with Crippen LogP contribution in [0.4, 0.5) is 5.95 Å². The summed E-state index contributed by atoms with van der Waals surface area (Å²) in [6.45, 7) is 0.763. The number of hydrogen-bond acceptors (Lipinski definition) is 6. The summed E-state index contributed by atoms with van der Waals surface area (Å²) in [4.78, 5) is 20.4. The van der Waals surface area contributed by atoms with Gasteiger partial charge in [0, 0.05) is 37.1 Å². The normalized spacial score (nSPS) is 18.6. The molecule has 0 aromatic carbocycles. The highest BCUT2D eigenvalue weighted by Gasteiger charge is 2.22. The molecule has 1 aliphatic rings. The van der Waals surface area contributed by atoms with Crippen molar-refractivity contribution in [2.24, 2.45) is 0 Å². The maximum atomic E-state index is 11.3.